The normalized spacial score (nSPS) is 15.2. The third-order valence-corrected chi connectivity index (χ3v) is 6.20. The average molecular weight is 426 g/mol. The maximum Gasteiger partial charge on any atom is 0.261 e. The lowest BCUT2D eigenvalue weighted by Gasteiger charge is -2.35. The third-order valence-electron chi connectivity index (χ3n) is 4.83. The molecule has 0 unspecified atom stereocenters. The van der Waals surface area contributed by atoms with Crippen molar-refractivity contribution in [3.63, 3.8) is 0 Å². The summed E-state index contributed by atoms with van der Waals surface area (Å²) in [6.45, 7) is 6.20. The smallest absolute Gasteiger partial charge is 0.261 e. The molecule has 0 bridgehead atoms. The summed E-state index contributed by atoms with van der Waals surface area (Å²) >= 11 is 0. The summed E-state index contributed by atoms with van der Waals surface area (Å²) < 4.78 is 33.6. The standard InChI is InChI=1S/C20H27N3O3S.ClH/c1-16-7-8-19(14-20(16)23-11-9-22(2)10-12-23)27(24,25)21-18-6-4-5-17(13-18)15-26-3;/h4-8,13-14,21H,9-12,15H2,1-3H3;1H. The van der Waals surface area contributed by atoms with Gasteiger partial charge in [0.2, 0.25) is 0 Å². The second-order valence-electron chi connectivity index (χ2n) is 6.98. The highest BCUT2D eigenvalue weighted by atomic mass is 35.5. The SMILES string of the molecule is COCc1cccc(NS(=O)(=O)c2ccc(C)c(N3CCN(C)CC3)c2)c1.Cl. The van der Waals surface area contributed by atoms with Crippen molar-refractivity contribution in [2.24, 2.45) is 0 Å². The number of hydrogen-bond acceptors (Lipinski definition) is 5. The van der Waals surface area contributed by atoms with E-state index >= 15 is 0 Å². The molecule has 0 spiro atoms. The van der Waals surface area contributed by atoms with Gasteiger partial charge in [-0.15, -0.1) is 12.4 Å². The van der Waals surface area contributed by atoms with Crippen molar-refractivity contribution in [1.82, 2.24) is 4.90 Å². The number of ether oxygens (including phenoxy) is 1. The van der Waals surface area contributed by atoms with Gasteiger partial charge in [-0.1, -0.05) is 18.2 Å². The zero-order chi connectivity index (χ0) is 19.4. The predicted molar refractivity (Wildman–Crippen MR) is 116 cm³/mol. The number of piperazine rings is 1. The summed E-state index contributed by atoms with van der Waals surface area (Å²) in [5.74, 6) is 0. The Hall–Kier alpha value is -1.80. The Labute approximate surface area is 173 Å². The number of methoxy groups -OCH3 is 1. The molecule has 28 heavy (non-hydrogen) atoms. The molecule has 0 radical (unpaired) electrons. The fourth-order valence-corrected chi connectivity index (χ4v) is 4.32. The number of halogens is 1. The highest BCUT2D eigenvalue weighted by molar-refractivity contribution is 7.92. The van der Waals surface area contributed by atoms with Crippen LogP contribution in [0.2, 0.25) is 0 Å². The zero-order valence-corrected chi connectivity index (χ0v) is 18.1. The van der Waals surface area contributed by atoms with Crippen LogP contribution in [0.15, 0.2) is 47.4 Å². The quantitative estimate of drug-likeness (QED) is 0.770. The number of rotatable bonds is 6. The second-order valence-corrected chi connectivity index (χ2v) is 8.66. The van der Waals surface area contributed by atoms with Gasteiger partial charge in [-0.05, 0) is 49.4 Å². The van der Waals surface area contributed by atoms with Crippen molar-refractivity contribution < 1.29 is 13.2 Å². The minimum absolute atomic E-state index is 0. The average Bonchev–Trinajstić information content (AvgIpc) is 2.63. The first-order valence-corrected chi connectivity index (χ1v) is 10.5. The lowest BCUT2D eigenvalue weighted by atomic mass is 10.1. The van der Waals surface area contributed by atoms with Gasteiger partial charge in [-0.3, -0.25) is 4.72 Å². The van der Waals surface area contributed by atoms with Gasteiger partial charge in [0.15, 0.2) is 0 Å². The Balaban J connectivity index is 0.00000280. The van der Waals surface area contributed by atoms with Crippen LogP contribution < -0.4 is 9.62 Å². The second kappa shape index (κ2) is 9.60. The Kier molecular flexibility index (Phi) is 7.71. The maximum atomic E-state index is 12.9. The first kappa shape index (κ1) is 22.5. The number of anilines is 2. The monoisotopic (exact) mass is 425 g/mol. The van der Waals surface area contributed by atoms with Gasteiger partial charge in [0.05, 0.1) is 11.5 Å². The summed E-state index contributed by atoms with van der Waals surface area (Å²) in [7, 11) is 0.0564. The molecule has 154 valence electrons. The highest BCUT2D eigenvalue weighted by Crippen LogP contribution is 2.26. The Morgan fingerprint density at radius 1 is 1.07 bits per heavy atom. The first-order valence-electron chi connectivity index (χ1n) is 9.04. The molecule has 2 aromatic rings. The number of benzene rings is 2. The van der Waals surface area contributed by atoms with Crippen LogP contribution in [0.3, 0.4) is 0 Å². The van der Waals surface area contributed by atoms with Crippen LogP contribution in [0.5, 0.6) is 0 Å². The molecule has 0 aliphatic carbocycles. The molecule has 0 atom stereocenters. The summed E-state index contributed by atoms with van der Waals surface area (Å²) in [5, 5.41) is 0. The minimum Gasteiger partial charge on any atom is -0.380 e. The molecule has 2 aromatic carbocycles. The van der Waals surface area contributed by atoms with E-state index in [9.17, 15) is 8.42 Å². The van der Waals surface area contributed by atoms with E-state index in [0.717, 1.165) is 43.0 Å². The van der Waals surface area contributed by atoms with Crippen molar-refractivity contribution in [3.8, 4) is 0 Å². The number of nitrogens with one attached hydrogen (secondary N) is 1. The van der Waals surface area contributed by atoms with Crippen LogP contribution in [-0.2, 0) is 21.4 Å². The minimum atomic E-state index is -3.66. The maximum absolute atomic E-state index is 12.9. The highest BCUT2D eigenvalue weighted by Gasteiger charge is 2.20. The number of nitrogens with zero attached hydrogens (tertiary/aromatic N) is 2. The number of sulfonamides is 1. The van der Waals surface area contributed by atoms with Crippen LogP contribution in [0, 0.1) is 6.92 Å². The first-order chi connectivity index (χ1) is 12.9. The van der Waals surface area contributed by atoms with E-state index in [1.54, 1.807) is 31.4 Å². The lowest BCUT2D eigenvalue weighted by Crippen LogP contribution is -2.44. The van der Waals surface area contributed by atoms with Gasteiger partial charge in [0.25, 0.3) is 10.0 Å². The molecule has 1 fully saturated rings. The van der Waals surface area contributed by atoms with E-state index in [1.165, 1.54) is 0 Å². The van der Waals surface area contributed by atoms with E-state index in [2.05, 4.69) is 21.6 Å². The molecular weight excluding hydrogens is 398 g/mol. The summed E-state index contributed by atoms with van der Waals surface area (Å²) in [6.07, 6.45) is 0. The molecule has 8 heteroatoms. The van der Waals surface area contributed by atoms with Crippen molar-refractivity contribution in [1.29, 1.82) is 0 Å². The molecule has 1 saturated heterocycles. The topological polar surface area (TPSA) is 61.9 Å². The summed E-state index contributed by atoms with van der Waals surface area (Å²) in [6, 6.07) is 12.6. The van der Waals surface area contributed by atoms with Crippen LogP contribution in [-0.4, -0.2) is 53.7 Å². The van der Waals surface area contributed by atoms with Crippen LogP contribution in [0.4, 0.5) is 11.4 Å². The van der Waals surface area contributed by atoms with Gasteiger partial charge < -0.3 is 14.5 Å². The van der Waals surface area contributed by atoms with Crippen molar-refractivity contribution >= 4 is 33.8 Å². The molecule has 6 nitrogen and oxygen atoms in total. The molecule has 0 saturated carbocycles. The van der Waals surface area contributed by atoms with E-state index in [0.29, 0.717) is 12.3 Å². The van der Waals surface area contributed by atoms with E-state index in [1.807, 2.05) is 25.1 Å². The van der Waals surface area contributed by atoms with Crippen LogP contribution in [0.1, 0.15) is 11.1 Å². The van der Waals surface area contributed by atoms with Crippen molar-refractivity contribution in [3.05, 3.63) is 53.6 Å². The zero-order valence-electron chi connectivity index (χ0n) is 16.5. The van der Waals surface area contributed by atoms with Crippen molar-refractivity contribution in [2.45, 2.75) is 18.4 Å². The van der Waals surface area contributed by atoms with E-state index in [4.69, 9.17) is 4.74 Å². The molecule has 1 N–H and O–H groups in total. The van der Waals surface area contributed by atoms with Crippen LogP contribution in [0.25, 0.3) is 0 Å². The van der Waals surface area contributed by atoms with Gasteiger partial charge in [-0.2, -0.15) is 0 Å². The van der Waals surface area contributed by atoms with E-state index in [-0.39, 0.29) is 17.3 Å². The van der Waals surface area contributed by atoms with Gasteiger partial charge >= 0.3 is 0 Å². The molecule has 1 heterocycles. The summed E-state index contributed by atoms with van der Waals surface area (Å²) in [5.41, 5.74) is 3.52. The molecule has 0 amide bonds. The summed E-state index contributed by atoms with van der Waals surface area (Å²) in [4.78, 5) is 4.81. The van der Waals surface area contributed by atoms with Gasteiger partial charge in [0, 0.05) is 44.7 Å². The molecule has 0 aromatic heterocycles. The van der Waals surface area contributed by atoms with Crippen molar-refractivity contribution in [2.75, 3.05) is 50.0 Å². The lowest BCUT2D eigenvalue weighted by molar-refractivity contribution is 0.185. The largest absolute Gasteiger partial charge is 0.380 e. The third kappa shape index (κ3) is 5.38. The van der Waals surface area contributed by atoms with Crippen LogP contribution >= 0.6 is 12.4 Å². The molecule has 3 rings (SSSR count). The predicted octanol–water partition coefficient (Wildman–Crippen LogP) is 3.12. The van der Waals surface area contributed by atoms with Gasteiger partial charge in [-0.25, -0.2) is 8.42 Å². The molecule has 1 aliphatic heterocycles. The Bertz CT molecular complexity index is 897. The number of aryl methyl sites for hydroxylation is 1. The van der Waals surface area contributed by atoms with E-state index < -0.39 is 10.0 Å². The molecular formula is C20H28ClN3O3S. The number of hydrogen-bond donors (Lipinski definition) is 1. The fourth-order valence-electron chi connectivity index (χ4n) is 3.25. The fraction of sp³-hybridized carbons (Fsp3) is 0.400. The Morgan fingerprint density at radius 3 is 2.46 bits per heavy atom. The number of likely N-dealkylation sites (N-methyl/N-ethyl adjacent to an activating group) is 1. The molecule has 1 aliphatic rings. The van der Waals surface area contributed by atoms with Gasteiger partial charge in [0.1, 0.15) is 0 Å². The Morgan fingerprint density at radius 2 is 1.79 bits per heavy atom.